The lowest BCUT2D eigenvalue weighted by Crippen LogP contribution is -2.47. The minimum Gasteiger partial charge on any atom is -0.462 e. The fraction of sp³-hybridized carbons (Fsp3) is 0.179. The van der Waals surface area contributed by atoms with Gasteiger partial charge in [0.15, 0.2) is 0 Å². The van der Waals surface area contributed by atoms with Crippen LogP contribution in [0.5, 0.6) is 5.75 Å². The quantitative estimate of drug-likeness (QED) is 0.366. The van der Waals surface area contributed by atoms with Gasteiger partial charge in [0.1, 0.15) is 5.75 Å². The molecule has 6 rings (SSSR count). The standard InChI is InChI=1S/C28H24N2O3/c1-28(32-2)26(21-16-29-24-10-6-4-8-19(21)24)27(31)20-15-18(12-14-25(20)33-28)23-13-11-17-7-3-5-9-22(17)30-23/h3-16,26-27,29,31H,1-2H3/t26-,27-,28?/m0/s1. The van der Waals surface area contributed by atoms with Crippen molar-refractivity contribution in [2.75, 3.05) is 7.11 Å². The first kappa shape index (κ1) is 20.0. The van der Waals surface area contributed by atoms with Gasteiger partial charge in [0.05, 0.1) is 23.2 Å². The van der Waals surface area contributed by atoms with E-state index in [4.69, 9.17) is 14.5 Å². The number of para-hydroxylation sites is 2. The first-order chi connectivity index (χ1) is 16.1. The molecule has 1 aliphatic rings. The summed E-state index contributed by atoms with van der Waals surface area (Å²) < 4.78 is 12.2. The molecule has 0 fully saturated rings. The number of hydrogen-bond donors (Lipinski definition) is 2. The summed E-state index contributed by atoms with van der Waals surface area (Å²) in [5.74, 6) is -0.835. The van der Waals surface area contributed by atoms with Crippen LogP contribution >= 0.6 is 0 Å². The maximum Gasteiger partial charge on any atom is 0.217 e. The summed E-state index contributed by atoms with van der Waals surface area (Å²) in [6.07, 6.45) is 1.12. The molecular formula is C28H24N2O3. The molecule has 5 aromatic rings. The van der Waals surface area contributed by atoms with Gasteiger partial charge < -0.3 is 19.6 Å². The molecule has 1 aliphatic heterocycles. The number of rotatable bonds is 3. The highest BCUT2D eigenvalue weighted by molar-refractivity contribution is 5.84. The van der Waals surface area contributed by atoms with Crippen molar-refractivity contribution in [3.05, 3.63) is 96.2 Å². The van der Waals surface area contributed by atoms with Crippen molar-refractivity contribution < 1.29 is 14.6 Å². The second-order valence-corrected chi connectivity index (χ2v) is 8.68. The number of aromatic nitrogens is 2. The summed E-state index contributed by atoms with van der Waals surface area (Å²) in [6.45, 7) is 1.88. The van der Waals surface area contributed by atoms with Crippen molar-refractivity contribution in [2.24, 2.45) is 0 Å². The van der Waals surface area contributed by atoms with Gasteiger partial charge in [-0.2, -0.15) is 0 Å². The third kappa shape index (κ3) is 3.12. The molecule has 5 nitrogen and oxygen atoms in total. The maximum atomic E-state index is 11.7. The average molecular weight is 437 g/mol. The van der Waals surface area contributed by atoms with Crippen LogP contribution in [0.25, 0.3) is 33.1 Å². The molecule has 3 atom stereocenters. The lowest BCUT2D eigenvalue weighted by Gasteiger charge is -2.43. The first-order valence-electron chi connectivity index (χ1n) is 11.1. The second-order valence-electron chi connectivity index (χ2n) is 8.68. The van der Waals surface area contributed by atoms with Gasteiger partial charge in [-0.3, -0.25) is 0 Å². The number of benzene rings is 3. The SMILES string of the molecule is COC1(C)Oc2ccc(-c3ccc4ccccc4n3)cc2[C@H](O)[C@@H]1c1c[nH]c2ccccc12. The minimum atomic E-state index is -1.03. The zero-order valence-corrected chi connectivity index (χ0v) is 18.4. The zero-order chi connectivity index (χ0) is 22.6. The number of hydrogen-bond acceptors (Lipinski definition) is 4. The molecule has 3 heterocycles. The Morgan fingerprint density at radius 1 is 0.970 bits per heavy atom. The number of nitrogens with one attached hydrogen (secondary N) is 1. The summed E-state index contributed by atoms with van der Waals surface area (Å²) in [5.41, 5.74) is 5.43. The molecule has 0 bridgehead atoms. The van der Waals surface area contributed by atoms with Crippen LogP contribution < -0.4 is 4.74 Å². The van der Waals surface area contributed by atoms with Crippen LogP contribution in [0, 0.1) is 0 Å². The van der Waals surface area contributed by atoms with Crippen LogP contribution in [0.15, 0.2) is 85.1 Å². The number of pyridine rings is 1. The second kappa shape index (κ2) is 7.44. The number of methoxy groups -OCH3 is 1. The van der Waals surface area contributed by atoms with Gasteiger partial charge in [0, 0.05) is 47.6 Å². The number of fused-ring (bicyclic) bond motifs is 3. The number of ether oxygens (including phenoxy) is 2. The predicted octanol–water partition coefficient (Wildman–Crippen LogP) is 5.96. The summed E-state index contributed by atoms with van der Waals surface area (Å²) in [4.78, 5) is 8.14. The number of aliphatic hydroxyl groups is 1. The van der Waals surface area contributed by atoms with E-state index >= 15 is 0 Å². The van der Waals surface area contributed by atoms with Crippen LogP contribution in [0.3, 0.4) is 0 Å². The van der Waals surface area contributed by atoms with Gasteiger partial charge in [-0.05, 0) is 42.0 Å². The molecule has 3 aromatic carbocycles. The highest BCUT2D eigenvalue weighted by Gasteiger charge is 2.48. The van der Waals surface area contributed by atoms with E-state index in [1.165, 1.54) is 0 Å². The van der Waals surface area contributed by atoms with Crippen LogP contribution in [0.4, 0.5) is 0 Å². The maximum absolute atomic E-state index is 11.7. The molecule has 0 saturated heterocycles. The third-order valence-corrected chi connectivity index (χ3v) is 6.78. The van der Waals surface area contributed by atoms with Gasteiger partial charge >= 0.3 is 0 Å². The smallest absolute Gasteiger partial charge is 0.217 e. The molecule has 0 radical (unpaired) electrons. The van der Waals surface area contributed by atoms with E-state index in [0.29, 0.717) is 5.75 Å². The summed E-state index contributed by atoms with van der Waals surface area (Å²) in [7, 11) is 1.62. The van der Waals surface area contributed by atoms with Crippen molar-refractivity contribution in [3.63, 3.8) is 0 Å². The molecule has 0 aliphatic carbocycles. The molecule has 33 heavy (non-hydrogen) atoms. The first-order valence-corrected chi connectivity index (χ1v) is 11.1. The van der Waals surface area contributed by atoms with E-state index in [2.05, 4.69) is 17.1 Å². The Morgan fingerprint density at radius 2 is 1.79 bits per heavy atom. The van der Waals surface area contributed by atoms with Crippen LogP contribution in [-0.4, -0.2) is 28.0 Å². The topological polar surface area (TPSA) is 67.4 Å². The van der Waals surface area contributed by atoms with Crippen molar-refractivity contribution in [1.82, 2.24) is 9.97 Å². The third-order valence-electron chi connectivity index (χ3n) is 6.78. The average Bonchev–Trinajstić information content (AvgIpc) is 3.27. The van der Waals surface area contributed by atoms with Gasteiger partial charge in [-0.1, -0.05) is 42.5 Å². The fourth-order valence-electron chi connectivity index (χ4n) is 4.98. The lowest BCUT2D eigenvalue weighted by molar-refractivity contribution is -0.197. The van der Waals surface area contributed by atoms with E-state index in [0.717, 1.165) is 44.2 Å². The van der Waals surface area contributed by atoms with Crippen LogP contribution in [0.2, 0.25) is 0 Å². The molecule has 2 N–H and O–H groups in total. The van der Waals surface area contributed by atoms with Gasteiger partial charge in [-0.15, -0.1) is 0 Å². The van der Waals surface area contributed by atoms with Crippen molar-refractivity contribution in [3.8, 4) is 17.0 Å². The Kier molecular flexibility index (Phi) is 4.50. The number of aliphatic hydroxyl groups excluding tert-OH is 1. The molecule has 164 valence electrons. The molecule has 0 saturated carbocycles. The van der Waals surface area contributed by atoms with E-state index in [1.807, 2.05) is 79.9 Å². The summed E-state index contributed by atoms with van der Waals surface area (Å²) >= 11 is 0. The Hall–Kier alpha value is -3.67. The molecule has 0 spiro atoms. The summed E-state index contributed by atoms with van der Waals surface area (Å²) in [5, 5.41) is 13.8. The minimum absolute atomic E-state index is 0.425. The predicted molar refractivity (Wildman–Crippen MR) is 129 cm³/mol. The fourth-order valence-corrected chi connectivity index (χ4v) is 4.98. The Labute approximate surface area is 191 Å². The highest BCUT2D eigenvalue weighted by Crippen LogP contribution is 2.51. The normalized spacial score (nSPS) is 22.3. The monoisotopic (exact) mass is 436 g/mol. The molecule has 5 heteroatoms. The van der Waals surface area contributed by atoms with E-state index in [1.54, 1.807) is 7.11 Å². The number of nitrogens with zero attached hydrogens (tertiary/aromatic N) is 1. The molecule has 0 amide bonds. The Morgan fingerprint density at radius 3 is 2.67 bits per heavy atom. The van der Waals surface area contributed by atoms with E-state index in [9.17, 15) is 5.11 Å². The van der Waals surface area contributed by atoms with Crippen molar-refractivity contribution in [1.29, 1.82) is 0 Å². The highest BCUT2D eigenvalue weighted by atomic mass is 16.7. The van der Waals surface area contributed by atoms with Gasteiger partial charge in [0.25, 0.3) is 0 Å². The van der Waals surface area contributed by atoms with Crippen molar-refractivity contribution in [2.45, 2.75) is 24.7 Å². The lowest BCUT2D eigenvalue weighted by atomic mass is 9.80. The van der Waals surface area contributed by atoms with Crippen LogP contribution in [-0.2, 0) is 4.74 Å². The summed E-state index contributed by atoms with van der Waals surface area (Å²) in [6, 6.07) is 26.0. The molecule has 2 aromatic heterocycles. The van der Waals surface area contributed by atoms with E-state index in [-0.39, 0.29) is 0 Å². The molecular weight excluding hydrogens is 412 g/mol. The molecule has 1 unspecified atom stereocenters. The van der Waals surface area contributed by atoms with Gasteiger partial charge in [0.2, 0.25) is 5.79 Å². The largest absolute Gasteiger partial charge is 0.462 e. The Balaban J connectivity index is 1.48. The van der Waals surface area contributed by atoms with E-state index < -0.39 is 17.8 Å². The Bertz CT molecular complexity index is 1490. The number of H-pyrrole nitrogens is 1. The van der Waals surface area contributed by atoms with Gasteiger partial charge in [-0.25, -0.2) is 4.98 Å². The number of aromatic amines is 1. The van der Waals surface area contributed by atoms with Crippen LogP contribution in [0.1, 0.15) is 30.1 Å². The zero-order valence-electron chi connectivity index (χ0n) is 18.4. The van der Waals surface area contributed by atoms with Crippen molar-refractivity contribution >= 4 is 21.8 Å².